The summed E-state index contributed by atoms with van der Waals surface area (Å²) in [5, 5.41) is 5.47. The van der Waals surface area contributed by atoms with E-state index in [1.807, 2.05) is 42.5 Å². The summed E-state index contributed by atoms with van der Waals surface area (Å²) in [6.45, 7) is 7.15. The molecule has 0 saturated carbocycles. The maximum Gasteiger partial charge on any atom is 0.308 e. The van der Waals surface area contributed by atoms with E-state index in [2.05, 4.69) is 31.4 Å². The Morgan fingerprint density at radius 2 is 1.71 bits per heavy atom. The van der Waals surface area contributed by atoms with Crippen LogP contribution in [-0.4, -0.2) is 31.5 Å². The Morgan fingerprint density at radius 3 is 2.29 bits per heavy atom. The molecule has 0 unspecified atom stereocenters. The second kappa shape index (κ2) is 10.6. The van der Waals surface area contributed by atoms with E-state index in [-0.39, 0.29) is 17.7 Å². The number of rotatable bonds is 8. The fraction of sp³-hybridized carbons (Fsp3) is 0.375. The molecule has 0 radical (unpaired) electrons. The Kier molecular flexibility index (Phi) is 8.19. The van der Waals surface area contributed by atoms with Crippen LogP contribution in [0.25, 0.3) is 0 Å². The first-order valence-electron chi connectivity index (χ1n) is 10.1. The summed E-state index contributed by atoms with van der Waals surface area (Å²) in [4.78, 5) is 36.2. The van der Waals surface area contributed by atoms with Crippen molar-refractivity contribution in [3.63, 3.8) is 0 Å². The first-order valence-corrected chi connectivity index (χ1v) is 10.1. The first-order chi connectivity index (χ1) is 14.6. The molecule has 0 spiro atoms. The Morgan fingerprint density at radius 1 is 1.03 bits per heavy atom. The zero-order valence-corrected chi connectivity index (χ0v) is 18.7. The van der Waals surface area contributed by atoms with Crippen LogP contribution in [0.1, 0.15) is 51.3 Å². The Bertz CT molecular complexity index is 919. The van der Waals surface area contributed by atoms with Gasteiger partial charge in [-0.25, -0.2) is 0 Å². The lowest BCUT2D eigenvalue weighted by molar-refractivity contribution is -0.148. The van der Waals surface area contributed by atoms with Crippen molar-refractivity contribution in [1.82, 2.24) is 5.32 Å². The molecule has 0 bridgehead atoms. The molecule has 2 aromatic rings. The first kappa shape index (κ1) is 23.9. The van der Waals surface area contributed by atoms with E-state index in [0.29, 0.717) is 11.4 Å². The van der Waals surface area contributed by atoms with Crippen LogP contribution in [0.3, 0.4) is 0 Å². The number of nitrogens with one attached hydrogen (secondary N) is 2. The average Bonchev–Trinajstić information content (AvgIpc) is 2.71. The summed E-state index contributed by atoms with van der Waals surface area (Å²) in [5.41, 5.74) is 2.22. The molecular formula is C24H30N2O5. The molecule has 2 amide bonds. The van der Waals surface area contributed by atoms with Gasteiger partial charge in [-0.2, -0.15) is 0 Å². The normalized spacial score (nSPS) is 11.9. The minimum atomic E-state index is -0.590. The molecule has 0 saturated heterocycles. The summed E-state index contributed by atoms with van der Waals surface area (Å²) in [6, 6.07) is 14.2. The molecule has 2 rings (SSSR count). The van der Waals surface area contributed by atoms with E-state index in [1.165, 1.54) is 14.0 Å². The van der Waals surface area contributed by atoms with Crippen LogP contribution in [0.4, 0.5) is 5.69 Å². The lowest BCUT2D eigenvalue weighted by Crippen LogP contribution is -2.29. The number of benzene rings is 2. The lowest BCUT2D eigenvalue weighted by atomic mass is 9.87. The van der Waals surface area contributed by atoms with Crippen molar-refractivity contribution in [3.05, 3.63) is 59.7 Å². The summed E-state index contributed by atoms with van der Waals surface area (Å²) in [7, 11) is 1.52. The molecule has 7 nitrogen and oxygen atoms in total. The molecule has 1 atom stereocenters. The van der Waals surface area contributed by atoms with Crippen LogP contribution >= 0.6 is 0 Å². The average molecular weight is 427 g/mol. The van der Waals surface area contributed by atoms with E-state index in [9.17, 15) is 14.4 Å². The van der Waals surface area contributed by atoms with Gasteiger partial charge in [0.1, 0.15) is 5.75 Å². The molecule has 0 aliphatic carbocycles. The van der Waals surface area contributed by atoms with Crippen molar-refractivity contribution in [2.75, 3.05) is 19.0 Å². The predicted octanol–water partition coefficient (Wildman–Crippen LogP) is 3.74. The molecule has 0 aliphatic rings. The smallest absolute Gasteiger partial charge is 0.308 e. The maximum absolute atomic E-state index is 12.4. The number of ether oxygens (including phenoxy) is 2. The van der Waals surface area contributed by atoms with Gasteiger partial charge >= 0.3 is 5.97 Å². The minimum Gasteiger partial charge on any atom is -0.495 e. The topological polar surface area (TPSA) is 93.7 Å². The molecule has 2 N–H and O–H groups in total. The van der Waals surface area contributed by atoms with Gasteiger partial charge in [-0.3, -0.25) is 14.4 Å². The zero-order chi connectivity index (χ0) is 23.0. The number of hydrogen-bond acceptors (Lipinski definition) is 5. The van der Waals surface area contributed by atoms with Crippen molar-refractivity contribution >= 4 is 23.5 Å². The number of carbonyl (C=O) groups is 3. The van der Waals surface area contributed by atoms with Crippen molar-refractivity contribution in [2.24, 2.45) is 0 Å². The van der Waals surface area contributed by atoms with Gasteiger partial charge in [0.05, 0.1) is 25.3 Å². The van der Waals surface area contributed by atoms with E-state index in [0.717, 1.165) is 11.1 Å². The van der Waals surface area contributed by atoms with Gasteiger partial charge in [0.2, 0.25) is 5.91 Å². The van der Waals surface area contributed by atoms with Gasteiger partial charge < -0.3 is 20.1 Å². The number of anilines is 1. The summed E-state index contributed by atoms with van der Waals surface area (Å²) < 4.78 is 10.5. The van der Waals surface area contributed by atoms with Crippen LogP contribution in [0, 0.1) is 0 Å². The largest absolute Gasteiger partial charge is 0.495 e. The number of hydrogen-bond donors (Lipinski definition) is 2. The van der Waals surface area contributed by atoms with Crippen LogP contribution in [0.2, 0.25) is 0 Å². The van der Waals surface area contributed by atoms with E-state index >= 15 is 0 Å². The maximum atomic E-state index is 12.4. The van der Waals surface area contributed by atoms with E-state index < -0.39 is 24.5 Å². The number of esters is 1. The van der Waals surface area contributed by atoms with E-state index in [4.69, 9.17) is 9.47 Å². The molecule has 0 heterocycles. The SMILES string of the molecule is COc1ccc(C(C)(C)C)cc1NC(=O)COC(=O)C[C@@H](NC(C)=O)c1ccccc1. The number of methoxy groups -OCH3 is 1. The molecule has 2 aromatic carbocycles. The summed E-state index contributed by atoms with van der Waals surface area (Å²) in [6.07, 6.45) is -0.0836. The third-order valence-corrected chi connectivity index (χ3v) is 4.65. The van der Waals surface area contributed by atoms with Gasteiger partial charge in [-0.05, 0) is 28.7 Å². The minimum absolute atomic E-state index is 0.0836. The van der Waals surface area contributed by atoms with Crippen LogP contribution < -0.4 is 15.4 Å². The van der Waals surface area contributed by atoms with Gasteiger partial charge in [-0.15, -0.1) is 0 Å². The summed E-state index contributed by atoms with van der Waals surface area (Å²) in [5.74, 6) is -0.811. The Labute approximate surface area is 183 Å². The molecule has 31 heavy (non-hydrogen) atoms. The standard InChI is InChI=1S/C24H30N2O5/c1-16(27)25-19(17-9-7-6-8-10-17)14-23(29)31-15-22(28)26-20-13-18(24(2,3)4)11-12-21(20)30-5/h6-13,19H,14-15H2,1-5H3,(H,25,27)(H,26,28)/t19-/m1/s1. The highest BCUT2D eigenvalue weighted by atomic mass is 16.5. The predicted molar refractivity (Wildman–Crippen MR) is 119 cm³/mol. The van der Waals surface area contributed by atoms with Gasteiger partial charge in [0, 0.05) is 6.92 Å². The van der Waals surface area contributed by atoms with Crippen LogP contribution in [0.5, 0.6) is 5.75 Å². The van der Waals surface area contributed by atoms with Crippen molar-refractivity contribution in [1.29, 1.82) is 0 Å². The third-order valence-electron chi connectivity index (χ3n) is 4.65. The quantitative estimate of drug-likeness (QED) is 0.627. The molecule has 0 fully saturated rings. The highest BCUT2D eigenvalue weighted by Gasteiger charge is 2.20. The number of carbonyl (C=O) groups excluding carboxylic acids is 3. The third kappa shape index (κ3) is 7.44. The van der Waals surface area contributed by atoms with Gasteiger partial charge in [0.25, 0.3) is 5.91 Å². The molecule has 166 valence electrons. The molecule has 7 heteroatoms. The van der Waals surface area contributed by atoms with Gasteiger partial charge in [-0.1, -0.05) is 57.2 Å². The highest BCUT2D eigenvalue weighted by molar-refractivity contribution is 5.94. The second-order valence-corrected chi connectivity index (χ2v) is 8.24. The Hall–Kier alpha value is -3.35. The van der Waals surface area contributed by atoms with Crippen LogP contribution in [-0.2, 0) is 24.5 Å². The second-order valence-electron chi connectivity index (χ2n) is 8.24. The lowest BCUT2D eigenvalue weighted by Gasteiger charge is -2.21. The highest BCUT2D eigenvalue weighted by Crippen LogP contribution is 2.31. The Balaban J connectivity index is 1.99. The molecular weight excluding hydrogens is 396 g/mol. The zero-order valence-electron chi connectivity index (χ0n) is 18.7. The van der Waals surface area contributed by atoms with Crippen LogP contribution in [0.15, 0.2) is 48.5 Å². The fourth-order valence-electron chi connectivity index (χ4n) is 3.01. The fourth-order valence-corrected chi connectivity index (χ4v) is 3.01. The number of amides is 2. The van der Waals surface area contributed by atoms with Crippen molar-refractivity contribution in [3.8, 4) is 5.75 Å². The monoisotopic (exact) mass is 426 g/mol. The summed E-state index contributed by atoms with van der Waals surface area (Å²) >= 11 is 0. The van der Waals surface area contributed by atoms with E-state index in [1.54, 1.807) is 6.07 Å². The molecule has 0 aliphatic heterocycles. The molecule has 0 aromatic heterocycles. The van der Waals surface area contributed by atoms with Crippen molar-refractivity contribution in [2.45, 2.75) is 45.6 Å². The van der Waals surface area contributed by atoms with Gasteiger partial charge in [0.15, 0.2) is 6.61 Å². The van der Waals surface area contributed by atoms with Crippen molar-refractivity contribution < 1.29 is 23.9 Å².